The largest absolute Gasteiger partial charge is 0.470 e. The number of amides is 2. The second-order valence-electron chi connectivity index (χ2n) is 5.85. The number of nitrogens with zero attached hydrogens (tertiary/aromatic N) is 1. The molecule has 1 aliphatic rings. The fourth-order valence-electron chi connectivity index (χ4n) is 2.58. The molecule has 1 aromatic carbocycles. The Morgan fingerprint density at radius 1 is 1.40 bits per heavy atom. The first-order valence-electron chi connectivity index (χ1n) is 8.26. The van der Waals surface area contributed by atoms with Crippen LogP contribution in [0.4, 0.5) is 4.79 Å². The molecule has 2 rings (SSSR count). The third-order valence-electron chi connectivity index (χ3n) is 3.93. The molecule has 1 aliphatic heterocycles. The molecular weight excluding hydrogens is 343 g/mol. The van der Waals surface area contributed by atoms with E-state index < -0.39 is 25.2 Å². The normalized spacial score (nSPS) is 21.0. The Labute approximate surface area is 147 Å². The lowest BCUT2D eigenvalue weighted by atomic mass is 10.1. The first-order valence-corrected chi connectivity index (χ1v) is 9.52. The summed E-state index contributed by atoms with van der Waals surface area (Å²) in [6, 6.07) is 9.17. The molecule has 0 aliphatic carbocycles. The van der Waals surface area contributed by atoms with E-state index in [1.165, 1.54) is 0 Å². The second-order valence-corrected chi connectivity index (χ2v) is 7.52. The van der Waals surface area contributed by atoms with Gasteiger partial charge in [0.25, 0.3) is 0 Å². The summed E-state index contributed by atoms with van der Waals surface area (Å²) in [6.07, 6.45) is 0.729. The van der Waals surface area contributed by atoms with Crippen LogP contribution in [0.15, 0.2) is 30.3 Å². The van der Waals surface area contributed by atoms with Gasteiger partial charge in [0.15, 0.2) is 0 Å². The highest BCUT2D eigenvalue weighted by molar-refractivity contribution is 7.45. The van der Waals surface area contributed by atoms with Crippen LogP contribution in [0.25, 0.3) is 0 Å². The van der Waals surface area contributed by atoms with Crippen LogP contribution in [0.2, 0.25) is 0 Å². The molecule has 8 nitrogen and oxygen atoms in total. The van der Waals surface area contributed by atoms with E-state index in [2.05, 4.69) is 10.4 Å². The first kappa shape index (κ1) is 19.3. The molecular formula is C16H24N4O4P+. The fourth-order valence-corrected chi connectivity index (χ4v) is 4.14. The van der Waals surface area contributed by atoms with Crippen molar-refractivity contribution in [1.82, 2.24) is 15.4 Å². The zero-order valence-corrected chi connectivity index (χ0v) is 15.1. The van der Waals surface area contributed by atoms with Crippen molar-refractivity contribution in [3.63, 3.8) is 0 Å². The van der Waals surface area contributed by atoms with Gasteiger partial charge < -0.3 is 4.74 Å². The molecule has 1 heterocycles. The summed E-state index contributed by atoms with van der Waals surface area (Å²) < 4.78 is 17.9. The van der Waals surface area contributed by atoms with Crippen LogP contribution in [-0.4, -0.2) is 35.4 Å². The van der Waals surface area contributed by atoms with Crippen LogP contribution < -0.4 is 16.2 Å². The summed E-state index contributed by atoms with van der Waals surface area (Å²) in [5, 5.41) is 4.75. The highest BCUT2D eigenvalue weighted by Crippen LogP contribution is 2.40. The lowest BCUT2D eigenvalue weighted by Gasteiger charge is -2.32. The summed E-state index contributed by atoms with van der Waals surface area (Å²) in [6.45, 7) is 2.80. The number of carbonyl (C=O) groups excluding carboxylic acids is 2. The van der Waals surface area contributed by atoms with Crippen molar-refractivity contribution in [2.75, 3.05) is 13.1 Å². The van der Waals surface area contributed by atoms with Gasteiger partial charge in [0.2, 0.25) is 0 Å². The van der Waals surface area contributed by atoms with E-state index in [0.29, 0.717) is 19.5 Å². The molecule has 0 saturated carbocycles. The molecule has 2 amide bonds. The topological polar surface area (TPSA) is 114 Å². The molecule has 0 spiro atoms. The van der Waals surface area contributed by atoms with Gasteiger partial charge in [-0.1, -0.05) is 37.3 Å². The van der Waals surface area contributed by atoms with Gasteiger partial charge in [-0.05, 0) is 23.0 Å². The number of rotatable bonds is 7. The predicted octanol–water partition coefficient (Wildman–Crippen LogP) is 1.85. The van der Waals surface area contributed by atoms with Crippen LogP contribution in [-0.2, 0) is 20.7 Å². The van der Waals surface area contributed by atoms with Crippen molar-refractivity contribution < 1.29 is 18.9 Å². The Hall–Kier alpha value is -2.02. The standard InChI is InChI=1S/C16H23N4O4P/c1-2-10-18-25(23)16(9-6-11-20(17)14(16)21)19-15(22)24-12-13-7-4-3-5-8-13/h3-5,7-8H,2,6,9-12,17H2,1H3,(H-,18,19,22,23)/p+1/t16-/m0/s1. The lowest BCUT2D eigenvalue weighted by molar-refractivity contribution is -0.138. The number of hydrogen-bond donors (Lipinski definition) is 3. The zero-order valence-electron chi connectivity index (χ0n) is 14.2. The van der Waals surface area contributed by atoms with Crippen molar-refractivity contribution in [1.29, 1.82) is 0 Å². The molecule has 1 fully saturated rings. The minimum atomic E-state index is -2.24. The molecule has 1 saturated heterocycles. The van der Waals surface area contributed by atoms with E-state index in [-0.39, 0.29) is 13.0 Å². The number of piperidine rings is 1. The molecule has 9 heteroatoms. The Kier molecular flexibility index (Phi) is 6.87. The van der Waals surface area contributed by atoms with Crippen molar-refractivity contribution >= 4 is 20.0 Å². The Bertz CT molecular complexity index is 628. The first-order chi connectivity index (χ1) is 12.0. The maximum atomic E-state index is 12.7. The van der Waals surface area contributed by atoms with E-state index >= 15 is 0 Å². The van der Waals surface area contributed by atoms with Gasteiger partial charge in [0.1, 0.15) is 6.61 Å². The zero-order chi connectivity index (χ0) is 18.3. The van der Waals surface area contributed by atoms with Crippen molar-refractivity contribution in [2.45, 2.75) is 38.1 Å². The highest BCUT2D eigenvalue weighted by Gasteiger charge is 2.61. The van der Waals surface area contributed by atoms with Gasteiger partial charge in [-0.3, -0.25) is 15.1 Å². The maximum absolute atomic E-state index is 12.7. The SMILES string of the molecule is CCCN[P+](=O)[C@@]1(NC(=O)OCc2ccccc2)CCCN(N)C1=O. The van der Waals surface area contributed by atoms with E-state index in [0.717, 1.165) is 17.0 Å². The van der Waals surface area contributed by atoms with Crippen molar-refractivity contribution in [3.8, 4) is 0 Å². The predicted molar refractivity (Wildman–Crippen MR) is 93.5 cm³/mol. The quantitative estimate of drug-likeness (QED) is 0.385. The second kappa shape index (κ2) is 8.89. The number of nitrogens with two attached hydrogens (primary N) is 1. The average Bonchev–Trinajstić information content (AvgIpc) is 2.62. The summed E-state index contributed by atoms with van der Waals surface area (Å²) in [7, 11) is -2.24. The summed E-state index contributed by atoms with van der Waals surface area (Å²) >= 11 is 0. The number of carbonyl (C=O) groups is 2. The molecule has 0 bridgehead atoms. The van der Waals surface area contributed by atoms with Gasteiger partial charge in [-0.25, -0.2) is 10.6 Å². The monoisotopic (exact) mass is 367 g/mol. The third-order valence-corrected chi connectivity index (χ3v) is 5.66. The number of nitrogens with one attached hydrogen (secondary N) is 2. The molecule has 1 unspecified atom stereocenters. The molecule has 1 aromatic rings. The van der Waals surface area contributed by atoms with Crippen molar-refractivity contribution in [3.05, 3.63) is 35.9 Å². The average molecular weight is 367 g/mol. The molecule has 0 radical (unpaired) electrons. The summed E-state index contributed by atoms with van der Waals surface area (Å²) in [5.74, 6) is 5.13. The van der Waals surface area contributed by atoms with Gasteiger partial charge in [-0.2, -0.15) is 0 Å². The van der Waals surface area contributed by atoms with Crippen LogP contribution in [0.3, 0.4) is 0 Å². The van der Waals surface area contributed by atoms with Gasteiger partial charge in [-0.15, -0.1) is 5.09 Å². The molecule has 136 valence electrons. The van der Waals surface area contributed by atoms with Gasteiger partial charge in [0.05, 0.1) is 0 Å². The van der Waals surface area contributed by atoms with Crippen LogP contribution >= 0.6 is 7.95 Å². The van der Waals surface area contributed by atoms with E-state index in [9.17, 15) is 14.2 Å². The number of ether oxygens (including phenoxy) is 1. The summed E-state index contributed by atoms with van der Waals surface area (Å²) in [4.78, 5) is 24.8. The van der Waals surface area contributed by atoms with Crippen molar-refractivity contribution in [2.24, 2.45) is 5.84 Å². The van der Waals surface area contributed by atoms with Crippen LogP contribution in [0.5, 0.6) is 0 Å². The third kappa shape index (κ3) is 4.75. The Balaban J connectivity index is 2.08. The molecule has 0 aromatic heterocycles. The summed E-state index contributed by atoms with van der Waals surface area (Å²) in [5.41, 5.74) is 0.815. The van der Waals surface area contributed by atoms with Gasteiger partial charge in [0, 0.05) is 19.5 Å². The van der Waals surface area contributed by atoms with Crippen LogP contribution in [0, 0.1) is 0 Å². The molecule has 4 N–H and O–H groups in total. The maximum Gasteiger partial charge on any atom is 0.470 e. The molecule has 25 heavy (non-hydrogen) atoms. The van der Waals surface area contributed by atoms with Crippen LogP contribution in [0.1, 0.15) is 31.7 Å². The number of hydrazine groups is 1. The Morgan fingerprint density at radius 3 is 2.80 bits per heavy atom. The smallest absolute Gasteiger partial charge is 0.445 e. The Morgan fingerprint density at radius 2 is 2.12 bits per heavy atom. The number of benzene rings is 1. The number of alkyl carbamates (subject to hydrolysis) is 1. The minimum Gasteiger partial charge on any atom is -0.445 e. The van der Waals surface area contributed by atoms with E-state index in [4.69, 9.17) is 10.6 Å². The van der Waals surface area contributed by atoms with Gasteiger partial charge >= 0.3 is 25.2 Å². The highest BCUT2D eigenvalue weighted by atomic mass is 31.1. The minimum absolute atomic E-state index is 0.0580. The molecule has 2 atom stereocenters. The van der Waals surface area contributed by atoms with E-state index in [1.54, 1.807) is 0 Å². The lowest BCUT2D eigenvalue weighted by Crippen LogP contribution is -2.63. The van der Waals surface area contributed by atoms with E-state index in [1.807, 2.05) is 37.3 Å². The number of hydrogen-bond acceptors (Lipinski definition) is 5. The fraction of sp³-hybridized carbons (Fsp3) is 0.500.